The Bertz CT molecular complexity index is 1380. The largest absolute Gasteiger partial charge is 0.497 e. The standard InChI is InChI=1S/C27H29N5O3/c1-6-21(34-5)15-22-18(3)31(4)27(33)23(16-28)24(22)32-12-10-19(11-13-32)26-29-25(30-35-26)20-9-7-8-17(2)14-20/h6-9,14-15,19H,1,10-13H2,2-5H3/b21-15+. The average molecular weight is 472 g/mol. The van der Waals surface area contributed by atoms with E-state index in [1.54, 1.807) is 20.2 Å². The zero-order chi connectivity index (χ0) is 25.1. The zero-order valence-electron chi connectivity index (χ0n) is 20.5. The number of rotatable bonds is 6. The second-order valence-corrected chi connectivity index (χ2v) is 8.74. The fourth-order valence-electron chi connectivity index (χ4n) is 4.51. The molecule has 1 saturated heterocycles. The topological polar surface area (TPSA) is 97.2 Å². The third kappa shape index (κ3) is 4.62. The molecule has 4 rings (SSSR count). The first kappa shape index (κ1) is 24.0. The summed E-state index contributed by atoms with van der Waals surface area (Å²) in [5, 5.41) is 14.1. The van der Waals surface area contributed by atoms with Gasteiger partial charge in [-0.3, -0.25) is 4.79 Å². The average Bonchev–Trinajstić information content (AvgIpc) is 3.37. The van der Waals surface area contributed by atoms with E-state index in [-0.39, 0.29) is 17.0 Å². The molecule has 1 aliphatic rings. The van der Waals surface area contributed by atoms with Gasteiger partial charge in [-0.25, -0.2) is 0 Å². The number of allylic oxidation sites excluding steroid dienone is 1. The monoisotopic (exact) mass is 471 g/mol. The van der Waals surface area contributed by atoms with Crippen molar-refractivity contribution in [2.45, 2.75) is 32.6 Å². The first-order valence-electron chi connectivity index (χ1n) is 11.5. The van der Waals surface area contributed by atoms with Crippen molar-refractivity contribution in [2.24, 2.45) is 7.05 Å². The molecule has 0 amide bonds. The van der Waals surface area contributed by atoms with Gasteiger partial charge in [0.25, 0.3) is 5.56 Å². The predicted octanol–water partition coefficient (Wildman–Crippen LogP) is 4.48. The Hall–Kier alpha value is -4.12. The van der Waals surface area contributed by atoms with Crippen LogP contribution in [0, 0.1) is 25.2 Å². The van der Waals surface area contributed by atoms with Crippen molar-refractivity contribution < 1.29 is 9.26 Å². The number of benzene rings is 1. The van der Waals surface area contributed by atoms with Gasteiger partial charge in [0.05, 0.1) is 12.8 Å². The Morgan fingerprint density at radius 3 is 2.69 bits per heavy atom. The van der Waals surface area contributed by atoms with Crippen LogP contribution >= 0.6 is 0 Å². The molecule has 0 N–H and O–H groups in total. The van der Waals surface area contributed by atoms with Gasteiger partial charge >= 0.3 is 0 Å². The highest BCUT2D eigenvalue weighted by atomic mass is 16.5. The van der Waals surface area contributed by atoms with E-state index < -0.39 is 0 Å². The summed E-state index contributed by atoms with van der Waals surface area (Å²) in [6, 6.07) is 10.1. The molecule has 3 aromatic rings. The maximum absolute atomic E-state index is 12.9. The fourth-order valence-corrected chi connectivity index (χ4v) is 4.51. The smallest absolute Gasteiger partial charge is 0.270 e. The molecule has 0 unspecified atom stereocenters. The van der Waals surface area contributed by atoms with Gasteiger partial charge in [-0.2, -0.15) is 10.2 Å². The van der Waals surface area contributed by atoms with E-state index in [0.29, 0.717) is 36.3 Å². The molecule has 0 radical (unpaired) electrons. The molecule has 0 bridgehead atoms. The number of nitrogens with zero attached hydrogens (tertiary/aromatic N) is 5. The molecule has 2 aromatic heterocycles. The van der Waals surface area contributed by atoms with Crippen molar-refractivity contribution in [3.05, 3.63) is 81.3 Å². The van der Waals surface area contributed by atoms with Crippen molar-refractivity contribution in [1.82, 2.24) is 14.7 Å². The van der Waals surface area contributed by atoms with Crippen molar-refractivity contribution in [3.63, 3.8) is 0 Å². The Morgan fingerprint density at radius 2 is 2.06 bits per heavy atom. The SMILES string of the molecule is C=C/C(=C\c1c(N2CCC(c3nc(-c4cccc(C)c4)no3)CC2)c(C#N)c(=O)n(C)c1C)OC. The van der Waals surface area contributed by atoms with Crippen LogP contribution in [0.5, 0.6) is 0 Å². The summed E-state index contributed by atoms with van der Waals surface area (Å²) in [6.07, 6.45) is 4.96. The quantitative estimate of drug-likeness (QED) is 0.386. The first-order valence-corrected chi connectivity index (χ1v) is 11.5. The highest BCUT2D eigenvalue weighted by Gasteiger charge is 2.29. The third-order valence-corrected chi connectivity index (χ3v) is 6.62. The van der Waals surface area contributed by atoms with Gasteiger partial charge in [-0.1, -0.05) is 35.5 Å². The lowest BCUT2D eigenvalue weighted by Gasteiger charge is -2.34. The number of piperidine rings is 1. The Balaban J connectivity index is 1.63. The molecule has 0 saturated carbocycles. The van der Waals surface area contributed by atoms with E-state index in [4.69, 9.17) is 9.26 Å². The van der Waals surface area contributed by atoms with E-state index in [2.05, 4.69) is 27.7 Å². The Labute approximate surface area is 204 Å². The summed E-state index contributed by atoms with van der Waals surface area (Å²) < 4.78 is 12.5. The number of hydrogen-bond acceptors (Lipinski definition) is 7. The van der Waals surface area contributed by atoms with Crippen LogP contribution in [-0.4, -0.2) is 34.9 Å². The molecule has 0 spiro atoms. The van der Waals surface area contributed by atoms with E-state index in [0.717, 1.165) is 35.2 Å². The Morgan fingerprint density at radius 1 is 1.31 bits per heavy atom. The second-order valence-electron chi connectivity index (χ2n) is 8.74. The molecular formula is C27H29N5O3. The fraction of sp³-hybridized carbons (Fsp3) is 0.333. The highest BCUT2D eigenvalue weighted by Crippen LogP contribution is 2.35. The lowest BCUT2D eigenvalue weighted by molar-refractivity contribution is 0.311. The zero-order valence-corrected chi connectivity index (χ0v) is 20.5. The van der Waals surface area contributed by atoms with Crippen molar-refractivity contribution in [2.75, 3.05) is 25.1 Å². The maximum Gasteiger partial charge on any atom is 0.270 e. The third-order valence-electron chi connectivity index (χ3n) is 6.62. The van der Waals surface area contributed by atoms with Gasteiger partial charge in [0, 0.05) is 42.9 Å². The van der Waals surface area contributed by atoms with Crippen LogP contribution < -0.4 is 10.5 Å². The Kier molecular flexibility index (Phi) is 6.87. The number of nitriles is 1. The summed E-state index contributed by atoms with van der Waals surface area (Å²) >= 11 is 0. The number of anilines is 1. The van der Waals surface area contributed by atoms with E-state index in [1.807, 2.05) is 44.2 Å². The van der Waals surface area contributed by atoms with Crippen LogP contribution in [0.3, 0.4) is 0 Å². The predicted molar refractivity (Wildman–Crippen MR) is 135 cm³/mol. The molecule has 8 nitrogen and oxygen atoms in total. The number of ether oxygens (including phenoxy) is 1. The van der Waals surface area contributed by atoms with Gasteiger partial charge in [0.15, 0.2) is 0 Å². The van der Waals surface area contributed by atoms with Crippen LogP contribution in [0.4, 0.5) is 5.69 Å². The number of aryl methyl sites for hydroxylation is 1. The van der Waals surface area contributed by atoms with Crippen molar-refractivity contribution >= 4 is 11.8 Å². The van der Waals surface area contributed by atoms with Gasteiger partial charge in [0.1, 0.15) is 17.4 Å². The van der Waals surface area contributed by atoms with Crippen molar-refractivity contribution in [1.29, 1.82) is 5.26 Å². The summed E-state index contributed by atoms with van der Waals surface area (Å²) in [4.78, 5) is 19.7. The molecule has 0 aliphatic carbocycles. The van der Waals surface area contributed by atoms with Crippen LogP contribution in [0.1, 0.15) is 47.0 Å². The van der Waals surface area contributed by atoms with Gasteiger partial charge in [-0.15, -0.1) is 0 Å². The maximum atomic E-state index is 12.9. The number of pyridine rings is 1. The first-order chi connectivity index (χ1) is 16.9. The minimum atomic E-state index is -0.309. The molecule has 35 heavy (non-hydrogen) atoms. The molecule has 1 aromatic carbocycles. The van der Waals surface area contributed by atoms with E-state index in [1.165, 1.54) is 4.57 Å². The molecule has 0 atom stereocenters. The molecule has 1 fully saturated rings. The number of aromatic nitrogens is 3. The lowest BCUT2D eigenvalue weighted by atomic mass is 9.94. The van der Waals surface area contributed by atoms with Gasteiger partial charge < -0.3 is 18.7 Å². The number of methoxy groups -OCH3 is 1. The molecular weight excluding hydrogens is 442 g/mol. The number of hydrogen-bond donors (Lipinski definition) is 0. The van der Waals surface area contributed by atoms with Crippen LogP contribution in [-0.2, 0) is 11.8 Å². The van der Waals surface area contributed by atoms with Gasteiger partial charge in [-0.05, 0) is 44.9 Å². The summed E-state index contributed by atoms with van der Waals surface area (Å²) in [5.74, 6) is 1.87. The van der Waals surface area contributed by atoms with Crippen molar-refractivity contribution in [3.8, 4) is 17.5 Å². The van der Waals surface area contributed by atoms with Crippen LogP contribution in [0.2, 0.25) is 0 Å². The summed E-state index contributed by atoms with van der Waals surface area (Å²) in [6.45, 7) is 8.98. The van der Waals surface area contributed by atoms with E-state index >= 15 is 0 Å². The molecule has 1 aliphatic heterocycles. The lowest BCUT2D eigenvalue weighted by Crippen LogP contribution is -2.37. The second kappa shape index (κ2) is 10.0. The normalized spacial score (nSPS) is 14.6. The minimum Gasteiger partial charge on any atom is -0.497 e. The summed E-state index contributed by atoms with van der Waals surface area (Å²) in [5.41, 5.74) is 4.05. The molecule has 8 heteroatoms. The highest BCUT2D eigenvalue weighted by molar-refractivity contribution is 5.76. The minimum absolute atomic E-state index is 0.109. The van der Waals surface area contributed by atoms with Gasteiger partial charge in [0.2, 0.25) is 11.7 Å². The molecule has 3 heterocycles. The van der Waals surface area contributed by atoms with Crippen LogP contribution in [0.25, 0.3) is 17.5 Å². The van der Waals surface area contributed by atoms with E-state index in [9.17, 15) is 10.1 Å². The molecule has 180 valence electrons. The van der Waals surface area contributed by atoms with Crippen LogP contribution in [0.15, 0.2) is 52.0 Å². The summed E-state index contributed by atoms with van der Waals surface area (Å²) in [7, 11) is 3.24.